The fraction of sp³-hybridized carbons (Fsp3) is 0.0769. The van der Waals surface area contributed by atoms with Crippen LogP contribution in [0.1, 0.15) is 17.1 Å². The molecule has 0 fully saturated rings. The zero-order valence-electron chi connectivity index (χ0n) is 9.58. The van der Waals surface area contributed by atoms with Crippen molar-refractivity contribution in [2.24, 2.45) is 0 Å². The summed E-state index contributed by atoms with van der Waals surface area (Å²) in [7, 11) is 0. The van der Waals surface area contributed by atoms with E-state index in [2.05, 4.69) is 9.97 Å². The predicted molar refractivity (Wildman–Crippen MR) is 64.9 cm³/mol. The third-order valence-electron chi connectivity index (χ3n) is 2.27. The molecule has 0 amide bonds. The first-order chi connectivity index (χ1) is 8.54. The molecule has 0 saturated carbocycles. The zero-order valence-corrected chi connectivity index (χ0v) is 9.58. The van der Waals surface area contributed by atoms with E-state index < -0.39 is 11.6 Å². The van der Waals surface area contributed by atoms with Crippen molar-refractivity contribution in [1.82, 2.24) is 9.97 Å². The van der Waals surface area contributed by atoms with E-state index in [9.17, 15) is 13.6 Å². The van der Waals surface area contributed by atoms with Crippen LogP contribution < -0.4 is 5.56 Å². The fourth-order valence-electron chi connectivity index (χ4n) is 1.49. The van der Waals surface area contributed by atoms with E-state index in [1.54, 1.807) is 6.92 Å². The topological polar surface area (TPSA) is 45.8 Å². The number of halogens is 2. The van der Waals surface area contributed by atoms with Gasteiger partial charge in [0.1, 0.15) is 17.5 Å². The summed E-state index contributed by atoms with van der Waals surface area (Å²) in [6, 6.07) is 4.50. The molecule has 92 valence electrons. The van der Waals surface area contributed by atoms with Gasteiger partial charge < -0.3 is 4.98 Å². The number of rotatable bonds is 2. The van der Waals surface area contributed by atoms with Crippen LogP contribution >= 0.6 is 0 Å². The molecule has 0 bridgehead atoms. The Morgan fingerprint density at radius 2 is 2.00 bits per heavy atom. The molecule has 0 saturated heterocycles. The van der Waals surface area contributed by atoms with Gasteiger partial charge >= 0.3 is 0 Å². The van der Waals surface area contributed by atoms with Gasteiger partial charge in [-0.05, 0) is 37.3 Å². The molecule has 1 heterocycles. The Morgan fingerprint density at radius 1 is 1.22 bits per heavy atom. The van der Waals surface area contributed by atoms with E-state index in [0.717, 1.165) is 18.2 Å². The van der Waals surface area contributed by atoms with Crippen molar-refractivity contribution >= 4 is 12.2 Å². The molecule has 0 aliphatic heterocycles. The molecule has 0 unspecified atom stereocenters. The number of H-pyrrole nitrogens is 1. The summed E-state index contributed by atoms with van der Waals surface area (Å²) in [6.07, 6.45) is 2.78. The van der Waals surface area contributed by atoms with Crippen molar-refractivity contribution in [3.8, 4) is 0 Å². The van der Waals surface area contributed by atoms with E-state index in [0.29, 0.717) is 11.5 Å². The van der Waals surface area contributed by atoms with Crippen LogP contribution in [0.2, 0.25) is 0 Å². The average molecular weight is 248 g/mol. The number of hydrogen-bond donors (Lipinski definition) is 1. The van der Waals surface area contributed by atoms with Crippen LogP contribution in [0.5, 0.6) is 0 Å². The largest absolute Gasteiger partial charge is 0.307 e. The maximum atomic E-state index is 13.3. The second-order valence-electron chi connectivity index (χ2n) is 3.77. The molecular formula is C13H10F2N2O. The highest BCUT2D eigenvalue weighted by Gasteiger charge is 2.00. The molecule has 18 heavy (non-hydrogen) atoms. The van der Waals surface area contributed by atoms with Gasteiger partial charge in [0.05, 0.1) is 0 Å². The van der Waals surface area contributed by atoms with Crippen molar-refractivity contribution in [2.75, 3.05) is 0 Å². The Balaban J connectivity index is 2.35. The third-order valence-corrected chi connectivity index (χ3v) is 2.27. The first-order valence-electron chi connectivity index (χ1n) is 5.26. The number of aromatic nitrogens is 2. The van der Waals surface area contributed by atoms with Gasteiger partial charge in [0.2, 0.25) is 0 Å². The van der Waals surface area contributed by atoms with Crippen LogP contribution in [0.25, 0.3) is 12.2 Å². The van der Waals surface area contributed by atoms with Crippen LogP contribution in [-0.4, -0.2) is 9.97 Å². The molecule has 1 aromatic carbocycles. The first-order valence-corrected chi connectivity index (χ1v) is 5.26. The Morgan fingerprint density at radius 3 is 2.72 bits per heavy atom. The molecule has 1 N–H and O–H groups in total. The maximum absolute atomic E-state index is 13.3. The van der Waals surface area contributed by atoms with Crippen molar-refractivity contribution in [3.05, 3.63) is 63.3 Å². The van der Waals surface area contributed by atoms with Gasteiger partial charge in [-0.25, -0.2) is 13.8 Å². The molecular weight excluding hydrogens is 238 g/mol. The normalized spacial score (nSPS) is 11.1. The summed E-state index contributed by atoms with van der Waals surface area (Å²) in [4.78, 5) is 17.7. The summed E-state index contributed by atoms with van der Waals surface area (Å²) in [6.45, 7) is 1.68. The van der Waals surface area contributed by atoms with E-state index >= 15 is 0 Å². The Kier molecular flexibility index (Phi) is 3.32. The molecule has 0 atom stereocenters. The van der Waals surface area contributed by atoms with E-state index in [1.807, 2.05) is 0 Å². The highest BCUT2D eigenvalue weighted by atomic mass is 19.1. The van der Waals surface area contributed by atoms with Crippen molar-refractivity contribution < 1.29 is 8.78 Å². The van der Waals surface area contributed by atoms with Crippen molar-refractivity contribution in [3.63, 3.8) is 0 Å². The minimum Gasteiger partial charge on any atom is -0.307 e. The monoisotopic (exact) mass is 248 g/mol. The van der Waals surface area contributed by atoms with E-state index in [-0.39, 0.29) is 11.1 Å². The Bertz CT molecular complexity index is 662. The smallest absolute Gasteiger partial charge is 0.251 e. The number of aromatic amines is 1. The van der Waals surface area contributed by atoms with Gasteiger partial charge in [-0.2, -0.15) is 0 Å². The van der Waals surface area contributed by atoms with Gasteiger partial charge in [-0.15, -0.1) is 0 Å². The number of hydrogen-bond acceptors (Lipinski definition) is 2. The van der Waals surface area contributed by atoms with Gasteiger partial charge in [0, 0.05) is 17.3 Å². The highest BCUT2D eigenvalue weighted by Crippen LogP contribution is 2.12. The molecule has 2 rings (SSSR count). The minimum absolute atomic E-state index is 0.0964. The molecule has 3 nitrogen and oxygen atoms in total. The standard InChI is InChI=1S/C13H10F2N2O/c1-8-6-13(18)17-12(16-8)5-2-9-7-10(14)3-4-11(9)15/h2-7H,1H3,(H,16,17,18)/b5-2+. The van der Waals surface area contributed by atoms with Crippen molar-refractivity contribution in [2.45, 2.75) is 6.92 Å². The first kappa shape index (κ1) is 12.2. The molecule has 5 heteroatoms. The van der Waals surface area contributed by atoms with Gasteiger partial charge in [0.15, 0.2) is 0 Å². The number of benzene rings is 1. The van der Waals surface area contributed by atoms with Gasteiger partial charge in [-0.3, -0.25) is 4.79 Å². The molecule has 0 spiro atoms. The molecule has 0 aliphatic carbocycles. The second kappa shape index (κ2) is 4.91. The van der Waals surface area contributed by atoms with Crippen LogP contribution in [0.15, 0.2) is 29.1 Å². The Hall–Kier alpha value is -2.30. The number of nitrogens with one attached hydrogen (secondary N) is 1. The lowest BCUT2D eigenvalue weighted by molar-refractivity contribution is 0.598. The summed E-state index contributed by atoms with van der Waals surface area (Å²) in [5.74, 6) is -0.770. The molecule has 0 aliphatic rings. The SMILES string of the molecule is Cc1cc(=O)[nH]c(/C=C/c2cc(F)ccc2F)n1. The molecule has 0 radical (unpaired) electrons. The molecule has 2 aromatic rings. The van der Waals surface area contributed by atoms with Gasteiger partial charge in [0.25, 0.3) is 5.56 Å². The number of nitrogens with zero attached hydrogens (tertiary/aromatic N) is 1. The maximum Gasteiger partial charge on any atom is 0.251 e. The zero-order chi connectivity index (χ0) is 13.1. The lowest BCUT2D eigenvalue weighted by atomic mass is 10.2. The van der Waals surface area contributed by atoms with Crippen LogP contribution in [0.3, 0.4) is 0 Å². The van der Waals surface area contributed by atoms with E-state index in [4.69, 9.17) is 0 Å². The average Bonchev–Trinajstić information content (AvgIpc) is 2.29. The summed E-state index contributed by atoms with van der Waals surface area (Å²) >= 11 is 0. The molecule has 1 aromatic heterocycles. The minimum atomic E-state index is -0.539. The lowest BCUT2D eigenvalue weighted by Crippen LogP contribution is -2.08. The quantitative estimate of drug-likeness (QED) is 0.887. The van der Waals surface area contributed by atoms with Crippen LogP contribution in [0.4, 0.5) is 8.78 Å². The van der Waals surface area contributed by atoms with Crippen molar-refractivity contribution in [1.29, 1.82) is 0 Å². The Labute approximate surface area is 102 Å². The lowest BCUT2D eigenvalue weighted by Gasteiger charge is -1.98. The number of aryl methyl sites for hydroxylation is 1. The summed E-state index contributed by atoms with van der Waals surface area (Å²) in [5.41, 5.74) is 0.360. The highest BCUT2D eigenvalue weighted by molar-refractivity contribution is 5.66. The fourth-order valence-corrected chi connectivity index (χ4v) is 1.49. The third kappa shape index (κ3) is 2.88. The summed E-state index contributed by atoms with van der Waals surface area (Å²) < 4.78 is 26.2. The second-order valence-corrected chi connectivity index (χ2v) is 3.77. The predicted octanol–water partition coefficient (Wildman–Crippen LogP) is 2.53. The van der Waals surface area contributed by atoms with Gasteiger partial charge in [-0.1, -0.05) is 0 Å². The van der Waals surface area contributed by atoms with E-state index in [1.165, 1.54) is 18.2 Å². The van der Waals surface area contributed by atoms with Crippen LogP contribution in [0, 0.1) is 18.6 Å². The van der Waals surface area contributed by atoms with Crippen LogP contribution in [-0.2, 0) is 0 Å². The summed E-state index contributed by atoms with van der Waals surface area (Å²) in [5, 5.41) is 0.